The quantitative estimate of drug-likeness (QED) is 0.156. The van der Waals surface area contributed by atoms with Crippen LogP contribution in [0.1, 0.15) is 50.7 Å². The van der Waals surface area contributed by atoms with E-state index < -0.39 is 0 Å². The number of fused-ring (bicyclic) bond motifs is 2. The molecule has 245 valence electrons. The van der Waals surface area contributed by atoms with Crippen LogP contribution in [0.15, 0.2) is 140 Å². The van der Waals surface area contributed by atoms with Gasteiger partial charge in [0.25, 0.3) is 0 Å². The third kappa shape index (κ3) is 7.07. The first-order valence-electron chi connectivity index (χ1n) is 16.5. The zero-order valence-corrected chi connectivity index (χ0v) is 31.2. The average molecular weight is 832 g/mol. The second-order valence-electron chi connectivity index (χ2n) is 12.5. The van der Waals surface area contributed by atoms with E-state index in [-0.39, 0.29) is 20.1 Å². The third-order valence-corrected chi connectivity index (χ3v) is 9.49. The molecule has 0 fully saturated rings. The van der Waals surface area contributed by atoms with Crippen LogP contribution in [-0.4, -0.2) is 14.5 Å². The van der Waals surface area contributed by atoms with Crippen molar-refractivity contribution in [2.45, 2.75) is 39.5 Å². The molecule has 0 aliphatic carbocycles. The molecule has 0 aliphatic heterocycles. The maximum atomic E-state index is 5.20. The fraction of sp³-hybridized carbons (Fsp3) is 0.136. The minimum absolute atomic E-state index is 0. The van der Waals surface area contributed by atoms with Crippen molar-refractivity contribution in [1.29, 1.82) is 0 Å². The van der Waals surface area contributed by atoms with E-state index in [1.54, 1.807) is 17.5 Å². The molecule has 3 nitrogen and oxygen atoms in total. The van der Waals surface area contributed by atoms with Crippen LogP contribution in [0.25, 0.3) is 60.6 Å². The van der Waals surface area contributed by atoms with Gasteiger partial charge in [-0.25, -0.2) is 0 Å². The Labute approximate surface area is 306 Å². The summed E-state index contributed by atoms with van der Waals surface area (Å²) >= 11 is 1.67. The van der Waals surface area contributed by atoms with Gasteiger partial charge in [0.05, 0.1) is 16.9 Å². The van der Waals surface area contributed by atoms with Crippen molar-refractivity contribution in [2.75, 3.05) is 0 Å². The summed E-state index contributed by atoms with van der Waals surface area (Å²) in [6, 6.07) is 49.3. The molecule has 0 saturated carbocycles. The van der Waals surface area contributed by atoms with Crippen molar-refractivity contribution in [1.82, 2.24) is 14.5 Å². The van der Waals surface area contributed by atoms with Gasteiger partial charge in [-0.15, -0.1) is 47.3 Å². The van der Waals surface area contributed by atoms with Crippen LogP contribution < -0.4 is 0 Å². The van der Waals surface area contributed by atoms with E-state index in [0.29, 0.717) is 11.8 Å². The Hall–Kier alpha value is -4.67. The Morgan fingerprint density at radius 3 is 2.08 bits per heavy atom. The monoisotopic (exact) mass is 832 g/mol. The smallest absolute Gasteiger partial charge is 0.0774 e. The molecule has 0 aliphatic rings. The zero-order chi connectivity index (χ0) is 33.0. The molecule has 0 saturated heterocycles. The molecule has 8 aromatic rings. The summed E-state index contributed by atoms with van der Waals surface area (Å²) in [7, 11) is 0. The molecule has 3 aromatic heterocycles. The van der Waals surface area contributed by atoms with Crippen molar-refractivity contribution in [2.24, 2.45) is 0 Å². The molecule has 0 bridgehead atoms. The van der Waals surface area contributed by atoms with Gasteiger partial charge < -0.3 is 9.55 Å². The van der Waals surface area contributed by atoms with Gasteiger partial charge in [-0.3, -0.25) is 16.3 Å². The largest absolute Gasteiger partial charge is 0.333 e. The molecule has 3 heterocycles. The number of rotatable bonds is 6. The molecule has 0 spiro atoms. The van der Waals surface area contributed by atoms with Crippen molar-refractivity contribution >= 4 is 32.5 Å². The van der Waals surface area contributed by atoms with Gasteiger partial charge in [-0.2, -0.15) is 0 Å². The van der Waals surface area contributed by atoms with Gasteiger partial charge in [0.1, 0.15) is 0 Å². The Morgan fingerprint density at radius 2 is 1.39 bits per heavy atom. The Balaban J connectivity index is 0.000000270. The van der Waals surface area contributed by atoms with Gasteiger partial charge in [0.2, 0.25) is 0 Å². The third-order valence-electron chi connectivity index (χ3n) is 8.62. The molecule has 8 rings (SSSR count). The predicted octanol–water partition coefficient (Wildman–Crippen LogP) is 12.2. The van der Waals surface area contributed by atoms with E-state index >= 15 is 0 Å². The number of imidazole rings is 1. The van der Waals surface area contributed by atoms with Gasteiger partial charge >= 0.3 is 0 Å². The van der Waals surface area contributed by atoms with Crippen LogP contribution in [0.5, 0.6) is 0 Å². The molecule has 0 atom stereocenters. The van der Waals surface area contributed by atoms with Crippen LogP contribution in [0, 0.1) is 11.4 Å². The Kier molecular flexibility index (Phi) is 10.7. The molecule has 49 heavy (non-hydrogen) atoms. The maximum absolute atomic E-state index is 5.20. The number of aromatic nitrogens is 3. The SMILES string of the molecule is CC(C)c1cccc(C(C)C)c1-n1c(-c2[c-]sc3cc(-c4ccccc4)ccc23)nc2ccccc21.[Ir].[c-]1ccccc1-c1ccccn1. The number of nitrogens with zero attached hydrogens (tertiary/aromatic N) is 3. The summed E-state index contributed by atoms with van der Waals surface area (Å²) in [5.41, 5.74) is 11.6. The van der Waals surface area contributed by atoms with E-state index in [2.05, 4.69) is 140 Å². The standard InChI is InChI=1S/C33H29N2S.C11H8N.Ir/c1-21(2)25-13-10-14-26(22(3)4)32(25)35-30-16-9-8-15-29(30)34-33(35)28-20-36-31-19-24(17-18-27(28)31)23-11-6-5-7-12-23;1-2-6-10(7-3-1)11-8-4-5-9-12-11;/h5-19,21-22H,1-4H3;1-6,8-9H;/q2*-1;. The van der Waals surface area contributed by atoms with Crippen LogP contribution >= 0.6 is 11.3 Å². The molecule has 5 heteroatoms. The van der Waals surface area contributed by atoms with Crippen molar-refractivity contribution in [3.05, 3.63) is 162 Å². The van der Waals surface area contributed by atoms with Crippen molar-refractivity contribution < 1.29 is 20.1 Å². The Bertz CT molecular complexity index is 2220. The fourth-order valence-corrected chi connectivity index (χ4v) is 7.09. The molecule has 1 radical (unpaired) electrons. The van der Waals surface area contributed by atoms with Gasteiger partial charge in [0.15, 0.2) is 0 Å². The van der Waals surface area contributed by atoms with Crippen LogP contribution in [0.4, 0.5) is 0 Å². The van der Waals surface area contributed by atoms with E-state index in [4.69, 9.17) is 4.98 Å². The molecule has 0 unspecified atom stereocenters. The molecule has 5 aromatic carbocycles. The van der Waals surface area contributed by atoms with Gasteiger partial charge in [-0.1, -0.05) is 128 Å². The second kappa shape index (κ2) is 15.3. The molecule has 0 N–H and O–H groups in total. The normalized spacial score (nSPS) is 11.1. The minimum Gasteiger partial charge on any atom is -0.333 e. The second-order valence-corrected chi connectivity index (χ2v) is 13.3. The number of pyridine rings is 1. The molecule has 0 amide bonds. The summed E-state index contributed by atoms with van der Waals surface area (Å²) in [6.07, 6.45) is 1.79. The van der Waals surface area contributed by atoms with Gasteiger partial charge in [0, 0.05) is 32.0 Å². The molecular formula is C44H37IrN3S-2. The van der Waals surface area contributed by atoms with Crippen LogP contribution in [0.3, 0.4) is 0 Å². The van der Waals surface area contributed by atoms with Crippen molar-refractivity contribution in [3.8, 4) is 39.5 Å². The number of hydrogen-bond donors (Lipinski definition) is 0. The summed E-state index contributed by atoms with van der Waals surface area (Å²) in [4.78, 5) is 9.42. The maximum Gasteiger partial charge on any atom is 0.0774 e. The van der Waals surface area contributed by atoms with E-state index in [1.807, 2.05) is 42.5 Å². The minimum atomic E-state index is 0. The summed E-state index contributed by atoms with van der Waals surface area (Å²) in [5.74, 6) is 1.75. The summed E-state index contributed by atoms with van der Waals surface area (Å²) in [5, 5.41) is 4.83. The number of para-hydroxylation sites is 3. The first-order chi connectivity index (χ1) is 23.5. The van der Waals surface area contributed by atoms with Gasteiger partial charge in [-0.05, 0) is 58.0 Å². The van der Waals surface area contributed by atoms with E-state index in [1.165, 1.54) is 38.0 Å². The van der Waals surface area contributed by atoms with Crippen LogP contribution in [-0.2, 0) is 20.1 Å². The Morgan fingerprint density at radius 1 is 0.673 bits per heavy atom. The topological polar surface area (TPSA) is 30.7 Å². The van der Waals surface area contributed by atoms with Crippen molar-refractivity contribution in [3.63, 3.8) is 0 Å². The summed E-state index contributed by atoms with van der Waals surface area (Å²) < 4.78 is 3.62. The zero-order valence-electron chi connectivity index (χ0n) is 28.0. The number of benzene rings is 5. The first-order valence-corrected chi connectivity index (χ1v) is 17.3. The first kappa shape index (κ1) is 34.2. The number of hydrogen-bond acceptors (Lipinski definition) is 3. The van der Waals surface area contributed by atoms with E-state index in [0.717, 1.165) is 33.7 Å². The number of thiophene rings is 1. The van der Waals surface area contributed by atoms with E-state index in [9.17, 15) is 0 Å². The fourth-order valence-electron chi connectivity index (χ4n) is 6.22. The predicted molar refractivity (Wildman–Crippen MR) is 203 cm³/mol. The molecular weight excluding hydrogens is 795 g/mol. The summed E-state index contributed by atoms with van der Waals surface area (Å²) in [6.45, 7) is 9.11. The van der Waals surface area contributed by atoms with Crippen LogP contribution in [0.2, 0.25) is 0 Å². The average Bonchev–Trinajstić information content (AvgIpc) is 3.73.